The Kier molecular flexibility index (Phi) is 3.35. The Morgan fingerprint density at radius 3 is 2.05 bits per heavy atom. The molecule has 5 fully saturated rings. The zero-order valence-corrected chi connectivity index (χ0v) is 12.3. The van der Waals surface area contributed by atoms with Gasteiger partial charge >= 0.3 is 0 Å². The van der Waals surface area contributed by atoms with Gasteiger partial charge in [0.15, 0.2) is 0 Å². The van der Waals surface area contributed by atoms with Crippen molar-refractivity contribution < 1.29 is 4.74 Å². The van der Waals surface area contributed by atoms with Crippen LogP contribution in [0.4, 0.5) is 0 Å². The van der Waals surface area contributed by atoms with Crippen LogP contribution in [-0.2, 0) is 4.74 Å². The van der Waals surface area contributed by atoms with E-state index < -0.39 is 0 Å². The maximum absolute atomic E-state index is 6.48. The fourth-order valence-corrected chi connectivity index (χ4v) is 6.06. The van der Waals surface area contributed by atoms with E-state index in [0.717, 1.165) is 42.7 Å². The van der Waals surface area contributed by atoms with Crippen molar-refractivity contribution in [2.45, 2.75) is 64.1 Å². The molecule has 1 atom stereocenters. The van der Waals surface area contributed by atoms with E-state index in [0.29, 0.717) is 12.2 Å². The summed E-state index contributed by atoms with van der Waals surface area (Å²) in [6.07, 6.45) is 11.1. The minimum Gasteiger partial charge on any atom is -0.375 e. The third-order valence-corrected chi connectivity index (χ3v) is 6.53. The van der Waals surface area contributed by atoms with E-state index in [-0.39, 0.29) is 0 Å². The number of rotatable bonds is 3. The highest BCUT2D eigenvalue weighted by Crippen LogP contribution is 2.57. The van der Waals surface area contributed by atoms with Gasteiger partial charge in [0.1, 0.15) is 0 Å². The summed E-state index contributed by atoms with van der Waals surface area (Å²) in [5.41, 5.74) is 0. The zero-order valence-electron chi connectivity index (χ0n) is 12.3. The summed E-state index contributed by atoms with van der Waals surface area (Å²) in [4.78, 5) is 0. The average Bonchev–Trinajstić information content (AvgIpc) is 2.38. The molecule has 1 N–H and O–H groups in total. The van der Waals surface area contributed by atoms with Gasteiger partial charge in [-0.15, -0.1) is 0 Å². The average molecular weight is 263 g/mol. The Morgan fingerprint density at radius 2 is 1.47 bits per heavy atom. The molecule has 4 bridgehead atoms. The molecule has 0 spiro atoms. The van der Waals surface area contributed by atoms with E-state index >= 15 is 0 Å². The van der Waals surface area contributed by atoms with Gasteiger partial charge in [0, 0.05) is 0 Å². The predicted octanol–water partition coefficient (Wildman–Crippen LogP) is 3.22. The molecule has 5 aliphatic rings. The molecule has 1 saturated heterocycles. The SMILES string of the molecule is CC(OC1CCNCC1)C1C2CC3CC(C2)CC1C3. The zero-order chi connectivity index (χ0) is 12.8. The summed E-state index contributed by atoms with van der Waals surface area (Å²) >= 11 is 0. The predicted molar refractivity (Wildman–Crippen MR) is 77.0 cm³/mol. The van der Waals surface area contributed by atoms with Gasteiger partial charge in [-0.25, -0.2) is 0 Å². The topological polar surface area (TPSA) is 21.3 Å². The largest absolute Gasteiger partial charge is 0.375 e. The third kappa shape index (κ3) is 2.35. The van der Waals surface area contributed by atoms with Crippen LogP contribution in [0.3, 0.4) is 0 Å². The highest BCUT2D eigenvalue weighted by Gasteiger charge is 2.50. The first-order valence-electron chi connectivity index (χ1n) is 8.65. The van der Waals surface area contributed by atoms with Crippen LogP contribution >= 0.6 is 0 Å². The molecule has 0 aromatic heterocycles. The lowest BCUT2D eigenvalue weighted by atomic mass is 9.51. The van der Waals surface area contributed by atoms with Crippen LogP contribution in [-0.4, -0.2) is 25.3 Å². The van der Waals surface area contributed by atoms with E-state index in [1.165, 1.54) is 38.5 Å². The van der Waals surface area contributed by atoms with E-state index in [9.17, 15) is 0 Å². The molecule has 2 heteroatoms. The van der Waals surface area contributed by atoms with Crippen molar-refractivity contribution in [2.75, 3.05) is 13.1 Å². The molecule has 1 heterocycles. The molecule has 4 aliphatic carbocycles. The normalized spacial score (nSPS) is 47.5. The molecule has 2 nitrogen and oxygen atoms in total. The molecule has 0 aromatic rings. The van der Waals surface area contributed by atoms with Crippen molar-refractivity contribution in [1.82, 2.24) is 5.32 Å². The lowest BCUT2D eigenvalue weighted by Crippen LogP contribution is -2.50. The molecule has 0 amide bonds. The van der Waals surface area contributed by atoms with Gasteiger partial charge in [-0.3, -0.25) is 0 Å². The highest BCUT2D eigenvalue weighted by atomic mass is 16.5. The molecule has 1 unspecified atom stereocenters. The Hall–Kier alpha value is -0.0800. The molecule has 4 saturated carbocycles. The number of ether oxygens (including phenoxy) is 1. The van der Waals surface area contributed by atoms with Crippen LogP contribution in [0.2, 0.25) is 0 Å². The van der Waals surface area contributed by atoms with Gasteiger partial charge in [-0.1, -0.05) is 0 Å². The quantitative estimate of drug-likeness (QED) is 0.844. The standard InChI is InChI=1S/C17H29NO/c1-11(19-16-2-4-18-5-3-16)17-14-7-12-6-13(9-14)10-15(17)8-12/h11-18H,2-10H2,1H3. The summed E-state index contributed by atoms with van der Waals surface area (Å²) < 4.78 is 6.48. The molecule has 108 valence electrons. The molecule has 0 aromatic carbocycles. The van der Waals surface area contributed by atoms with Gasteiger partial charge in [-0.2, -0.15) is 0 Å². The second-order valence-electron chi connectivity index (χ2n) is 7.80. The van der Waals surface area contributed by atoms with E-state index in [2.05, 4.69) is 12.2 Å². The summed E-state index contributed by atoms with van der Waals surface area (Å²) in [6, 6.07) is 0. The number of hydrogen-bond acceptors (Lipinski definition) is 2. The van der Waals surface area contributed by atoms with Crippen LogP contribution in [0, 0.1) is 29.6 Å². The van der Waals surface area contributed by atoms with Gasteiger partial charge in [0.05, 0.1) is 12.2 Å². The van der Waals surface area contributed by atoms with Crippen LogP contribution in [0.25, 0.3) is 0 Å². The first-order chi connectivity index (χ1) is 9.29. The first kappa shape index (κ1) is 12.6. The van der Waals surface area contributed by atoms with Crippen LogP contribution in [0.1, 0.15) is 51.9 Å². The van der Waals surface area contributed by atoms with Gasteiger partial charge < -0.3 is 10.1 Å². The lowest BCUT2D eigenvalue weighted by Gasteiger charge is -2.56. The fraction of sp³-hybridized carbons (Fsp3) is 1.00. The van der Waals surface area contributed by atoms with Crippen LogP contribution in [0.5, 0.6) is 0 Å². The number of nitrogens with one attached hydrogen (secondary N) is 1. The minimum absolute atomic E-state index is 0.512. The highest BCUT2D eigenvalue weighted by molar-refractivity contribution is 4.99. The third-order valence-electron chi connectivity index (χ3n) is 6.53. The van der Waals surface area contributed by atoms with Crippen molar-refractivity contribution >= 4 is 0 Å². The molecule has 1 aliphatic heterocycles. The molecular formula is C17H29NO. The number of hydrogen-bond donors (Lipinski definition) is 1. The van der Waals surface area contributed by atoms with E-state index in [4.69, 9.17) is 4.74 Å². The van der Waals surface area contributed by atoms with Crippen LogP contribution in [0.15, 0.2) is 0 Å². The summed E-state index contributed by atoms with van der Waals surface area (Å²) in [6.45, 7) is 4.69. The Bertz CT molecular complexity index is 295. The van der Waals surface area contributed by atoms with Gasteiger partial charge in [0.2, 0.25) is 0 Å². The lowest BCUT2D eigenvalue weighted by molar-refractivity contribution is -0.128. The summed E-state index contributed by atoms with van der Waals surface area (Å²) in [5, 5.41) is 3.44. The first-order valence-corrected chi connectivity index (χ1v) is 8.65. The van der Waals surface area contributed by atoms with Crippen molar-refractivity contribution in [3.63, 3.8) is 0 Å². The Balaban J connectivity index is 1.40. The smallest absolute Gasteiger partial charge is 0.0603 e. The second kappa shape index (κ2) is 5.04. The van der Waals surface area contributed by atoms with Crippen LogP contribution < -0.4 is 5.32 Å². The molecule has 19 heavy (non-hydrogen) atoms. The Morgan fingerprint density at radius 1 is 0.895 bits per heavy atom. The second-order valence-corrected chi connectivity index (χ2v) is 7.80. The summed E-state index contributed by atoms with van der Waals surface area (Å²) in [7, 11) is 0. The van der Waals surface area contributed by atoms with Crippen molar-refractivity contribution in [2.24, 2.45) is 29.6 Å². The molecule has 0 radical (unpaired) electrons. The Labute approximate surface area is 117 Å². The van der Waals surface area contributed by atoms with Crippen molar-refractivity contribution in [1.29, 1.82) is 0 Å². The maximum atomic E-state index is 6.48. The van der Waals surface area contributed by atoms with Gasteiger partial charge in [-0.05, 0) is 94.5 Å². The van der Waals surface area contributed by atoms with Crippen molar-refractivity contribution in [3.8, 4) is 0 Å². The maximum Gasteiger partial charge on any atom is 0.0603 e. The molecule has 5 rings (SSSR count). The number of piperidine rings is 1. The van der Waals surface area contributed by atoms with Crippen molar-refractivity contribution in [3.05, 3.63) is 0 Å². The monoisotopic (exact) mass is 263 g/mol. The summed E-state index contributed by atoms with van der Waals surface area (Å²) in [5.74, 6) is 5.08. The fourth-order valence-electron chi connectivity index (χ4n) is 6.06. The van der Waals surface area contributed by atoms with E-state index in [1.807, 2.05) is 0 Å². The van der Waals surface area contributed by atoms with Gasteiger partial charge in [0.25, 0.3) is 0 Å². The molecular weight excluding hydrogens is 234 g/mol. The van der Waals surface area contributed by atoms with E-state index in [1.54, 1.807) is 6.42 Å². The minimum atomic E-state index is 0.512.